The van der Waals surface area contributed by atoms with Gasteiger partial charge < -0.3 is 73.0 Å². The molecule has 0 radical (unpaired) electrons. The van der Waals surface area contributed by atoms with Crippen LogP contribution in [0.1, 0.15) is 24.3 Å². The quantitative estimate of drug-likeness (QED) is 0.0958. The van der Waals surface area contributed by atoms with Crippen LogP contribution in [0.5, 0.6) is 0 Å². The van der Waals surface area contributed by atoms with Crippen LogP contribution < -0.4 is 37.6 Å². The number of nitrogens with zero attached hydrogens (tertiary/aromatic N) is 7. The van der Waals surface area contributed by atoms with Crippen molar-refractivity contribution in [2.75, 3.05) is 24.3 Å². The van der Waals surface area contributed by atoms with Gasteiger partial charge in [0.15, 0.2) is 29.9 Å². The van der Waals surface area contributed by atoms with Gasteiger partial charge in [0.1, 0.15) is 60.7 Å². The Labute approximate surface area is 263 Å². The SMILES string of the molecule is NC1=NC(N)c2ncn([C@@H]3O[C@@H]4COP([O-])(=S)N[C@H]5[C@@H](O)[C@H](n6cnc7c(N)ncnc76)O[C@@H]5COP(=O)([S-])N[C@H]4[C@H]3O)c2N1. The molecule has 244 valence electrons. The van der Waals surface area contributed by atoms with E-state index in [1.807, 2.05) is 0 Å². The predicted molar refractivity (Wildman–Crippen MR) is 159 cm³/mol. The summed E-state index contributed by atoms with van der Waals surface area (Å²) in [6, 6.07) is -2.31. The number of imidazole rings is 2. The molecule has 21 nitrogen and oxygen atoms in total. The van der Waals surface area contributed by atoms with Crippen LogP contribution in [0.25, 0.3) is 11.2 Å². The third-order valence-corrected chi connectivity index (χ3v) is 11.2. The fourth-order valence-corrected chi connectivity index (χ4v) is 8.96. The normalized spacial score (nSPS) is 40.5. The first-order valence-electron chi connectivity index (χ1n) is 13.3. The molecule has 45 heavy (non-hydrogen) atoms. The molecule has 11 atom stereocenters. The first-order valence-corrected chi connectivity index (χ1v) is 18.6. The number of aliphatic hydroxyl groups excluding tert-OH is 2. The van der Waals surface area contributed by atoms with E-state index >= 15 is 0 Å². The molecule has 0 aliphatic carbocycles. The number of hydrogen-bond acceptors (Lipinski definition) is 19. The summed E-state index contributed by atoms with van der Waals surface area (Å²) in [5.74, 6) is 0.456. The van der Waals surface area contributed by atoms with Crippen LogP contribution in [0.4, 0.5) is 11.6 Å². The Hall–Kier alpha value is -2.34. The number of aliphatic imine (C=N–C) groups is 1. The topological polar surface area (TPSA) is 305 Å². The van der Waals surface area contributed by atoms with E-state index in [9.17, 15) is 19.7 Å². The third-order valence-electron chi connectivity index (χ3n) is 7.74. The number of aliphatic hydroxyl groups is 2. The Kier molecular flexibility index (Phi) is 7.94. The molecule has 4 aliphatic rings. The lowest BCUT2D eigenvalue weighted by Crippen LogP contribution is -2.49. The number of nitrogens with one attached hydrogen (secondary N) is 3. The maximum absolute atomic E-state index is 13.5. The summed E-state index contributed by atoms with van der Waals surface area (Å²) in [5, 5.41) is 30.8. The summed E-state index contributed by atoms with van der Waals surface area (Å²) < 4.78 is 39.7. The molecule has 3 aromatic rings. The van der Waals surface area contributed by atoms with E-state index in [1.54, 1.807) is 0 Å². The monoisotopic (exact) mass is 703 g/mol. The van der Waals surface area contributed by atoms with Gasteiger partial charge >= 0.3 is 0 Å². The second kappa shape index (κ2) is 11.4. The van der Waals surface area contributed by atoms with Gasteiger partial charge in [-0.05, 0) is 0 Å². The molecule has 0 saturated carbocycles. The summed E-state index contributed by atoms with van der Waals surface area (Å²) in [6.07, 6.45) is -4.23. The first-order chi connectivity index (χ1) is 21.3. The van der Waals surface area contributed by atoms with Crippen molar-refractivity contribution >= 4 is 66.2 Å². The molecular formula is C20H27N13O8P2S2-2. The fraction of sp³-hybridized carbons (Fsp3) is 0.550. The van der Waals surface area contributed by atoms with Crippen LogP contribution in [0.2, 0.25) is 0 Å². The maximum atomic E-state index is 13.5. The molecule has 0 bridgehead atoms. The number of aromatic nitrogens is 6. The van der Waals surface area contributed by atoms with Crippen molar-refractivity contribution in [3.05, 3.63) is 24.7 Å². The standard InChI is InChI=1S/C20H29N13O8P2S2/c21-14-10-16(25-3-24-14)32(4-26-10)18-12(34)8-6(40-18)1-38-43(37,45)31-9-7(2-39-42(36,44)30-8)41-19(13(9)35)33-5-27-11-15(22)28-20(23)29-17(11)33/h3-9,12-13,15,18-19,34-35H,1-2,22H2,(H2,21,24,25)(H3,23,28,29)(H2,30,36,44)(H2,31,37,45)/p-2/t6-,7-,8-,9-,12-,13-,15?,18-,19-,42?,43?/m1/s1. The minimum atomic E-state index is -4.12. The van der Waals surface area contributed by atoms with Crippen molar-refractivity contribution < 1.29 is 38.2 Å². The molecule has 3 aromatic heterocycles. The molecule has 3 unspecified atom stereocenters. The van der Waals surface area contributed by atoms with Gasteiger partial charge in [-0.2, -0.15) is 0 Å². The van der Waals surface area contributed by atoms with Crippen LogP contribution in [-0.4, -0.2) is 95.0 Å². The molecule has 7 heterocycles. The summed E-state index contributed by atoms with van der Waals surface area (Å²) in [7, 11) is 0. The highest BCUT2D eigenvalue weighted by molar-refractivity contribution is 8.33. The van der Waals surface area contributed by atoms with E-state index in [4.69, 9.17) is 59.8 Å². The number of fused-ring (bicyclic) bond motifs is 4. The first kappa shape index (κ1) is 31.3. The lowest BCUT2D eigenvalue weighted by atomic mass is 10.1. The lowest BCUT2D eigenvalue weighted by molar-refractivity contribution is -0.190. The van der Waals surface area contributed by atoms with Crippen molar-refractivity contribution in [2.24, 2.45) is 16.5 Å². The number of anilines is 2. The number of ether oxygens (including phenoxy) is 2. The lowest BCUT2D eigenvalue weighted by Gasteiger charge is -2.38. The smallest absolute Gasteiger partial charge is 0.196 e. The number of guanidine groups is 1. The zero-order chi connectivity index (χ0) is 31.8. The van der Waals surface area contributed by atoms with Crippen LogP contribution in [0.3, 0.4) is 0 Å². The summed E-state index contributed by atoms with van der Waals surface area (Å²) in [6.45, 7) is -9.15. The summed E-state index contributed by atoms with van der Waals surface area (Å²) in [5.41, 5.74) is 18.6. The van der Waals surface area contributed by atoms with Crippen LogP contribution in [0.15, 0.2) is 24.0 Å². The molecule has 25 heteroatoms. The molecule has 3 saturated heterocycles. The van der Waals surface area contributed by atoms with Crippen molar-refractivity contribution in [1.29, 1.82) is 0 Å². The second-order valence-electron chi connectivity index (χ2n) is 10.6. The number of hydrogen-bond donors (Lipinski definition) is 8. The Morgan fingerprint density at radius 1 is 1.00 bits per heavy atom. The van der Waals surface area contributed by atoms with E-state index in [-0.39, 0.29) is 22.9 Å². The van der Waals surface area contributed by atoms with E-state index in [0.717, 1.165) is 0 Å². The fourth-order valence-electron chi connectivity index (χ4n) is 5.67. The highest BCUT2D eigenvalue weighted by Crippen LogP contribution is 2.48. The van der Waals surface area contributed by atoms with Gasteiger partial charge in [-0.25, -0.2) is 24.9 Å². The largest absolute Gasteiger partial charge is 0.789 e. The minimum Gasteiger partial charge on any atom is -0.789 e. The van der Waals surface area contributed by atoms with Crippen LogP contribution >= 0.6 is 13.4 Å². The van der Waals surface area contributed by atoms with E-state index in [0.29, 0.717) is 11.5 Å². The average molecular weight is 704 g/mol. The number of rotatable bonds is 2. The van der Waals surface area contributed by atoms with Crippen molar-refractivity contribution in [2.45, 2.75) is 55.1 Å². The summed E-state index contributed by atoms with van der Waals surface area (Å²) in [4.78, 5) is 34.0. The zero-order valence-electron chi connectivity index (χ0n) is 22.8. The molecule has 4 aliphatic heterocycles. The number of nitrogen functional groups attached to an aromatic ring is 1. The summed E-state index contributed by atoms with van der Waals surface area (Å²) >= 11 is 10.5. The van der Waals surface area contributed by atoms with Crippen molar-refractivity contribution in [1.82, 2.24) is 39.2 Å². The number of nitrogens with two attached hydrogens (primary N) is 3. The highest BCUT2D eigenvalue weighted by atomic mass is 32.7. The predicted octanol–water partition coefficient (Wildman–Crippen LogP) is -3.28. The second-order valence-corrected chi connectivity index (χ2v) is 16.5. The van der Waals surface area contributed by atoms with Crippen molar-refractivity contribution in [3.63, 3.8) is 0 Å². The van der Waals surface area contributed by atoms with Gasteiger partial charge in [0.2, 0.25) is 0 Å². The minimum absolute atomic E-state index is 0.0228. The molecule has 0 spiro atoms. The van der Waals surface area contributed by atoms with Gasteiger partial charge in [0, 0.05) is 0 Å². The van der Waals surface area contributed by atoms with E-state index in [1.165, 1.54) is 28.1 Å². The van der Waals surface area contributed by atoms with Crippen LogP contribution in [-0.2, 0) is 47.1 Å². The Morgan fingerprint density at radius 3 is 2.38 bits per heavy atom. The molecule has 3 fully saturated rings. The van der Waals surface area contributed by atoms with E-state index in [2.05, 4.69) is 40.4 Å². The van der Waals surface area contributed by atoms with Gasteiger partial charge in [0.05, 0.1) is 44.6 Å². The maximum Gasteiger partial charge on any atom is 0.196 e. The van der Waals surface area contributed by atoms with Gasteiger partial charge in [-0.15, -0.1) is 0 Å². The molecule has 0 amide bonds. The van der Waals surface area contributed by atoms with Crippen molar-refractivity contribution in [3.8, 4) is 0 Å². The zero-order valence-corrected chi connectivity index (χ0v) is 26.2. The average Bonchev–Trinajstić information content (AvgIpc) is 3.72. The Bertz CT molecular complexity index is 1760. The third kappa shape index (κ3) is 5.65. The van der Waals surface area contributed by atoms with E-state index < -0.39 is 81.7 Å². The Morgan fingerprint density at radius 2 is 1.64 bits per heavy atom. The Balaban J connectivity index is 1.15. The van der Waals surface area contributed by atoms with Crippen LogP contribution in [0, 0.1) is 0 Å². The molecule has 11 N–H and O–H groups in total. The van der Waals surface area contributed by atoms with Gasteiger partial charge in [0.25, 0.3) is 0 Å². The van der Waals surface area contributed by atoms with Gasteiger partial charge in [-0.1, -0.05) is 11.8 Å². The van der Waals surface area contributed by atoms with Gasteiger partial charge in [-0.3, -0.25) is 19.3 Å². The molecule has 0 aromatic carbocycles. The highest BCUT2D eigenvalue weighted by Gasteiger charge is 2.50. The molecule has 7 rings (SSSR count). The molecular weight excluding hydrogens is 676 g/mol.